The molecule has 1 spiro atoms. The van der Waals surface area contributed by atoms with Crippen LogP contribution in [0, 0.1) is 31.6 Å². The molecule has 3 aliphatic heterocycles. The number of carbonyl (C=O) groups excluding carboxylic acids is 2. The Labute approximate surface area is 167 Å². The first-order valence-corrected chi connectivity index (χ1v) is 10.7. The van der Waals surface area contributed by atoms with Gasteiger partial charge >= 0.3 is 0 Å². The highest BCUT2D eigenvalue weighted by Gasteiger charge is 2.57. The number of nitrogens with one attached hydrogen (secondary N) is 1. The van der Waals surface area contributed by atoms with Gasteiger partial charge in [0.15, 0.2) is 5.76 Å². The SMILES string of the molecule is CCC(C)CN1C[C@H]2C(=O)NC3(CCN(C(=O)c4cc(C)c(C)o4)CC3)[C@H]2C1. The van der Waals surface area contributed by atoms with E-state index in [1.807, 2.05) is 24.8 Å². The third-order valence-corrected chi connectivity index (χ3v) is 7.40. The Morgan fingerprint density at radius 2 is 2.04 bits per heavy atom. The number of hydrogen-bond donors (Lipinski definition) is 1. The van der Waals surface area contributed by atoms with E-state index < -0.39 is 0 Å². The van der Waals surface area contributed by atoms with Gasteiger partial charge in [0, 0.05) is 44.2 Å². The maximum absolute atomic E-state index is 12.8. The molecule has 28 heavy (non-hydrogen) atoms. The van der Waals surface area contributed by atoms with Crippen LogP contribution in [0.2, 0.25) is 0 Å². The van der Waals surface area contributed by atoms with E-state index in [1.165, 1.54) is 6.42 Å². The van der Waals surface area contributed by atoms with E-state index in [2.05, 4.69) is 24.1 Å². The molecule has 1 aromatic rings. The van der Waals surface area contributed by atoms with Crippen LogP contribution in [0.15, 0.2) is 10.5 Å². The molecule has 0 radical (unpaired) electrons. The summed E-state index contributed by atoms with van der Waals surface area (Å²) < 4.78 is 5.63. The molecule has 2 amide bonds. The number of rotatable bonds is 4. The van der Waals surface area contributed by atoms with Crippen LogP contribution in [-0.4, -0.2) is 59.9 Å². The third-order valence-electron chi connectivity index (χ3n) is 7.40. The van der Waals surface area contributed by atoms with Gasteiger partial charge in [-0.3, -0.25) is 9.59 Å². The van der Waals surface area contributed by atoms with Crippen LogP contribution in [0.25, 0.3) is 0 Å². The van der Waals surface area contributed by atoms with Gasteiger partial charge in [0.2, 0.25) is 5.91 Å². The van der Waals surface area contributed by atoms with E-state index in [0.717, 1.165) is 43.8 Å². The first-order valence-electron chi connectivity index (χ1n) is 10.7. The summed E-state index contributed by atoms with van der Waals surface area (Å²) in [5.74, 6) is 2.56. The summed E-state index contributed by atoms with van der Waals surface area (Å²) in [6.07, 6.45) is 2.84. The Bertz CT molecular complexity index is 744. The Kier molecular flexibility index (Phi) is 5.02. The number of aryl methyl sites for hydroxylation is 2. The Hall–Kier alpha value is -1.82. The molecule has 0 aromatic carbocycles. The lowest BCUT2D eigenvalue weighted by Crippen LogP contribution is -2.56. The zero-order valence-corrected chi connectivity index (χ0v) is 17.6. The number of carbonyl (C=O) groups is 2. The van der Waals surface area contributed by atoms with Crippen molar-refractivity contribution in [1.82, 2.24) is 15.1 Å². The van der Waals surface area contributed by atoms with Crippen molar-refractivity contribution in [3.8, 4) is 0 Å². The molecule has 154 valence electrons. The number of amides is 2. The summed E-state index contributed by atoms with van der Waals surface area (Å²) in [6.45, 7) is 12.7. The quantitative estimate of drug-likeness (QED) is 0.862. The molecule has 0 aliphatic carbocycles. The van der Waals surface area contributed by atoms with E-state index in [9.17, 15) is 9.59 Å². The Balaban J connectivity index is 1.42. The van der Waals surface area contributed by atoms with Crippen molar-refractivity contribution in [2.45, 2.75) is 52.5 Å². The van der Waals surface area contributed by atoms with Crippen LogP contribution in [0.3, 0.4) is 0 Å². The summed E-state index contributed by atoms with van der Waals surface area (Å²) in [5, 5.41) is 3.34. The summed E-state index contributed by atoms with van der Waals surface area (Å²) in [6, 6.07) is 1.83. The summed E-state index contributed by atoms with van der Waals surface area (Å²) in [4.78, 5) is 29.8. The average Bonchev–Trinajstić information content (AvgIpc) is 3.31. The number of furan rings is 1. The van der Waals surface area contributed by atoms with Crippen LogP contribution >= 0.6 is 0 Å². The van der Waals surface area contributed by atoms with Crippen molar-refractivity contribution in [2.24, 2.45) is 17.8 Å². The second kappa shape index (κ2) is 7.21. The van der Waals surface area contributed by atoms with E-state index in [0.29, 0.717) is 30.7 Å². The first kappa shape index (κ1) is 19.5. The fraction of sp³-hybridized carbons (Fsp3) is 0.727. The highest BCUT2D eigenvalue weighted by molar-refractivity contribution is 5.92. The largest absolute Gasteiger partial charge is 0.456 e. The van der Waals surface area contributed by atoms with Crippen LogP contribution in [0.1, 0.15) is 55.0 Å². The molecule has 3 aliphatic rings. The van der Waals surface area contributed by atoms with E-state index in [4.69, 9.17) is 4.42 Å². The van der Waals surface area contributed by atoms with Crippen LogP contribution < -0.4 is 5.32 Å². The van der Waals surface area contributed by atoms with Crippen LogP contribution in [-0.2, 0) is 4.79 Å². The van der Waals surface area contributed by atoms with E-state index in [1.54, 1.807) is 0 Å². The number of hydrogen-bond acceptors (Lipinski definition) is 4. The molecular formula is C22H33N3O3. The maximum atomic E-state index is 12.8. The summed E-state index contributed by atoms with van der Waals surface area (Å²) in [5.41, 5.74) is 0.868. The highest BCUT2D eigenvalue weighted by Crippen LogP contribution is 2.44. The lowest BCUT2D eigenvalue weighted by molar-refractivity contribution is -0.123. The monoisotopic (exact) mass is 387 g/mol. The van der Waals surface area contributed by atoms with Gasteiger partial charge < -0.3 is 19.5 Å². The van der Waals surface area contributed by atoms with Crippen molar-refractivity contribution in [3.05, 3.63) is 23.2 Å². The number of fused-ring (bicyclic) bond motifs is 2. The molecule has 1 aromatic heterocycles. The minimum Gasteiger partial charge on any atom is -0.456 e. The zero-order chi connectivity index (χ0) is 20.1. The predicted molar refractivity (Wildman–Crippen MR) is 107 cm³/mol. The lowest BCUT2D eigenvalue weighted by Gasteiger charge is -2.42. The molecule has 1 unspecified atom stereocenters. The summed E-state index contributed by atoms with van der Waals surface area (Å²) in [7, 11) is 0. The lowest BCUT2D eigenvalue weighted by atomic mass is 9.75. The topological polar surface area (TPSA) is 65.8 Å². The molecule has 6 heteroatoms. The Morgan fingerprint density at radius 1 is 1.32 bits per heavy atom. The standard InChI is InChI=1S/C22H33N3O3/c1-5-14(2)11-24-12-17-18(13-24)22(23-20(17)26)6-8-25(9-7-22)21(27)19-10-15(3)16(4)28-19/h10,14,17-18H,5-9,11-13H2,1-4H3,(H,23,26)/t14?,17-,18+/m1/s1. The smallest absolute Gasteiger partial charge is 0.289 e. The van der Waals surface area contributed by atoms with Crippen molar-refractivity contribution in [2.75, 3.05) is 32.7 Å². The molecule has 0 bridgehead atoms. The molecule has 3 saturated heterocycles. The van der Waals surface area contributed by atoms with E-state index >= 15 is 0 Å². The van der Waals surface area contributed by atoms with Gasteiger partial charge in [-0.25, -0.2) is 0 Å². The van der Waals surface area contributed by atoms with Crippen LogP contribution in [0.5, 0.6) is 0 Å². The molecular weight excluding hydrogens is 354 g/mol. The van der Waals surface area contributed by atoms with Gasteiger partial charge in [0.25, 0.3) is 5.91 Å². The highest BCUT2D eigenvalue weighted by atomic mass is 16.4. The van der Waals surface area contributed by atoms with Crippen molar-refractivity contribution in [3.63, 3.8) is 0 Å². The van der Waals surface area contributed by atoms with Gasteiger partial charge in [-0.15, -0.1) is 0 Å². The maximum Gasteiger partial charge on any atom is 0.289 e. The van der Waals surface area contributed by atoms with Crippen molar-refractivity contribution >= 4 is 11.8 Å². The average molecular weight is 388 g/mol. The zero-order valence-electron chi connectivity index (χ0n) is 17.6. The second-order valence-electron chi connectivity index (χ2n) is 9.23. The molecule has 3 atom stereocenters. The number of likely N-dealkylation sites (tertiary alicyclic amines) is 2. The van der Waals surface area contributed by atoms with E-state index in [-0.39, 0.29) is 23.3 Å². The fourth-order valence-electron chi connectivity index (χ4n) is 5.30. The molecule has 4 heterocycles. The normalized spacial score (nSPS) is 27.9. The molecule has 1 N–H and O–H groups in total. The first-order chi connectivity index (χ1) is 13.3. The molecule has 6 nitrogen and oxygen atoms in total. The van der Waals surface area contributed by atoms with Gasteiger partial charge in [0.05, 0.1) is 5.92 Å². The Morgan fingerprint density at radius 3 is 2.64 bits per heavy atom. The minimum atomic E-state index is -0.141. The third kappa shape index (κ3) is 3.25. The predicted octanol–water partition coefficient (Wildman–Crippen LogP) is 2.60. The van der Waals surface area contributed by atoms with Crippen molar-refractivity contribution in [1.29, 1.82) is 0 Å². The van der Waals surface area contributed by atoms with Gasteiger partial charge in [-0.05, 0) is 44.2 Å². The summed E-state index contributed by atoms with van der Waals surface area (Å²) >= 11 is 0. The van der Waals surface area contributed by atoms with Gasteiger partial charge in [0.1, 0.15) is 5.76 Å². The minimum absolute atomic E-state index is 0.0308. The van der Waals surface area contributed by atoms with Crippen molar-refractivity contribution < 1.29 is 14.0 Å². The second-order valence-corrected chi connectivity index (χ2v) is 9.23. The van der Waals surface area contributed by atoms with Gasteiger partial charge in [-0.2, -0.15) is 0 Å². The number of nitrogens with zero attached hydrogens (tertiary/aromatic N) is 2. The fourth-order valence-corrected chi connectivity index (χ4v) is 5.30. The molecule has 0 saturated carbocycles. The van der Waals surface area contributed by atoms with Gasteiger partial charge in [-0.1, -0.05) is 20.3 Å². The molecule has 4 rings (SSSR count). The molecule has 3 fully saturated rings. The van der Waals surface area contributed by atoms with Crippen LogP contribution in [0.4, 0.5) is 0 Å². The number of piperidine rings is 1.